The van der Waals surface area contributed by atoms with Gasteiger partial charge in [-0.2, -0.15) is 5.26 Å². The van der Waals surface area contributed by atoms with Gasteiger partial charge in [-0.1, -0.05) is 0 Å². The molecule has 1 fully saturated rings. The van der Waals surface area contributed by atoms with Gasteiger partial charge >= 0.3 is 5.69 Å². The van der Waals surface area contributed by atoms with E-state index >= 15 is 0 Å². The Morgan fingerprint density at radius 2 is 2.28 bits per heavy atom. The summed E-state index contributed by atoms with van der Waals surface area (Å²) in [7, 11) is 1.65. The molecule has 0 unspecified atom stereocenters. The van der Waals surface area contributed by atoms with Crippen LogP contribution in [0.15, 0.2) is 15.8 Å². The first-order chi connectivity index (χ1) is 8.60. The summed E-state index contributed by atoms with van der Waals surface area (Å²) in [6.07, 6.45) is 4.32. The molecule has 1 aromatic rings. The van der Waals surface area contributed by atoms with Gasteiger partial charge in [-0.15, -0.1) is 0 Å². The molecule has 0 aliphatic heterocycles. The van der Waals surface area contributed by atoms with Crippen molar-refractivity contribution in [3.05, 3.63) is 32.6 Å². The number of H-pyrrole nitrogens is 1. The average Bonchev–Trinajstić information content (AvgIpc) is 3.11. The molecule has 1 N–H and O–H groups in total. The molecule has 18 heavy (non-hydrogen) atoms. The number of aromatic amines is 1. The summed E-state index contributed by atoms with van der Waals surface area (Å²) in [4.78, 5) is 25.1. The fraction of sp³-hybridized carbons (Fsp3) is 0.583. The van der Waals surface area contributed by atoms with Crippen LogP contribution in [0.25, 0.3) is 0 Å². The second-order valence-electron chi connectivity index (χ2n) is 4.78. The Labute approximate surface area is 104 Å². The second-order valence-corrected chi connectivity index (χ2v) is 4.78. The van der Waals surface area contributed by atoms with Gasteiger partial charge < -0.3 is 4.74 Å². The van der Waals surface area contributed by atoms with Gasteiger partial charge in [0.05, 0.1) is 0 Å². The van der Waals surface area contributed by atoms with E-state index in [1.165, 1.54) is 10.8 Å². The lowest BCUT2D eigenvalue weighted by atomic mass is 10.0. The van der Waals surface area contributed by atoms with Crippen molar-refractivity contribution < 1.29 is 4.74 Å². The van der Waals surface area contributed by atoms with Crippen molar-refractivity contribution in [1.82, 2.24) is 9.55 Å². The highest BCUT2D eigenvalue weighted by Crippen LogP contribution is 2.49. The SMILES string of the molecule is COCCC1(Cn2cc(C#N)c(=O)[nH]c2=O)CC1. The Morgan fingerprint density at radius 3 is 2.83 bits per heavy atom. The second kappa shape index (κ2) is 4.78. The molecule has 6 nitrogen and oxygen atoms in total. The lowest BCUT2D eigenvalue weighted by Gasteiger charge is -2.15. The number of aromatic nitrogens is 2. The van der Waals surface area contributed by atoms with Crippen molar-refractivity contribution in [3.8, 4) is 6.07 Å². The summed E-state index contributed by atoms with van der Waals surface area (Å²) >= 11 is 0. The summed E-state index contributed by atoms with van der Waals surface area (Å²) < 4.78 is 6.47. The normalized spacial score (nSPS) is 16.2. The highest BCUT2D eigenvalue weighted by Gasteiger charge is 2.42. The van der Waals surface area contributed by atoms with Gasteiger partial charge in [0.2, 0.25) is 0 Å². The minimum absolute atomic E-state index is 0.0304. The maximum atomic E-state index is 11.7. The Kier molecular flexibility index (Phi) is 3.34. The van der Waals surface area contributed by atoms with Gasteiger partial charge in [-0.05, 0) is 24.7 Å². The summed E-state index contributed by atoms with van der Waals surface area (Å²) in [5.41, 5.74) is -1.02. The Bertz CT molecular complexity index is 590. The van der Waals surface area contributed by atoms with Gasteiger partial charge in [0.1, 0.15) is 11.6 Å². The number of nitrogens with one attached hydrogen (secondary N) is 1. The molecule has 0 saturated heterocycles. The van der Waals surface area contributed by atoms with Crippen LogP contribution in [-0.2, 0) is 11.3 Å². The molecule has 0 aromatic carbocycles. The van der Waals surface area contributed by atoms with Crippen LogP contribution in [0, 0.1) is 16.7 Å². The van der Waals surface area contributed by atoms with E-state index in [1.54, 1.807) is 13.2 Å². The quantitative estimate of drug-likeness (QED) is 0.808. The Hall–Kier alpha value is -1.87. The van der Waals surface area contributed by atoms with E-state index in [0.29, 0.717) is 13.2 Å². The van der Waals surface area contributed by atoms with Crippen molar-refractivity contribution in [3.63, 3.8) is 0 Å². The maximum absolute atomic E-state index is 11.7. The minimum Gasteiger partial charge on any atom is -0.385 e. The molecule has 0 bridgehead atoms. The fourth-order valence-electron chi connectivity index (χ4n) is 2.05. The zero-order valence-corrected chi connectivity index (χ0v) is 10.2. The number of nitrogens with zero attached hydrogens (tertiary/aromatic N) is 2. The first-order valence-corrected chi connectivity index (χ1v) is 5.83. The first-order valence-electron chi connectivity index (χ1n) is 5.83. The predicted molar refractivity (Wildman–Crippen MR) is 64.2 cm³/mol. The van der Waals surface area contributed by atoms with Crippen LogP contribution in [0.1, 0.15) is 24.8 Å². The van der Waals surface area contributed by atoms with E-state index < -0.39 is 11.2 Å². The third-order valence-corrected chi connectivity index (χ3v) is 3.43. The van der Waals surface area contributed by atoms with Crippen LogP contribution < -0.4 is 11.2 Å². The van der Waals surface area contributed by atoms with Gasteiger partial charge in [0.25, 0.3) is 5.56 Å². The van der Waals surface area contributed by atoms with Crippen LogP contribution in [0.3, 0.4) is 0 Å². The molecule has 1 aromatic heterocycles. The van der Waals surface area contributed by atoms with Gasteiger partial charge in [0.15, 0.2) is 0 Å². The standard InChI is InChI=1S/C12H15N3O3/c1-18-5-4-12(2-3-12)8-15-7-9(6-13)10(16)14-11(15)17/h7H,2-5,8H2,1H3,(H,14,16,17). The van der Waals surface area contributed by atoms with Crippen molar-refractivity contribution in [2.75, 3.05) is 13.7 Å². The van der Waals surface area contributed by atoms with Crippen molar-refractivity contribution in [1.29, 1.82) is 5.26 Å². The molecular weight excluding hydrogens is 234 g/mol. The highest BCUT2D eigenvalue weighted by molar-refractivity contribution is 5.21. The zero-order valence-electron chi connectivity index (χ0n) is 10.2. The fourth-order valence-corrected chi connectivity index (χ4v) is 2.05. The molecule has 96 valence electrons. The Balaban J connectivity index is 2.22. The van der Waals surface area contributed by atoms with Crippen LogP contribution in [0.5, 0.6) is 0 Å². The van der Waals surface area contributed by atoms with Crippen LogP contribution in [-0.4, -0.2) is 23.3 Å². The number of hydrogen-bond donors (Lipinski definition) is 1. The predicted octanol–water partition coefficient (Wildman–Crippen LogP) is 0.225. The maximum Gasteiger partial charge on any atom is 0.328 e. The molecule has 1 heterocycles. The van der Waals surface area contributed by atoms with Gasteiger partial charge in [-0.3, -0.25) is 14.3 Å². The molecule has 0 spiro atoms. The number of rotatable bonds is 5. The molecule has 1 aliphatic rings. The number of methoxy groups -OCH3 is 1. The lowest BCUT2D eigenvalue weighted by Crippen LogP contribution is -2.33. The molecule has 0 amide bonds. The highest BCUT2D eigenvalue weighted by atomic mass is 16.5. The van der Waals surface area contributed by atoms with Gasteiger partial charge in [0, 0.05) is 26.5 Å². The number of hydrogen-bond acceptors (Lipinski definition) is 4. The van der Waals surface area contributed by atoms with E-state index in [-0.39, 0.29) is 11.0 Å². The molecule has 6 heteroatoms. The van der Waals surface area contributed by atoms with Gasteiger partial charge in [-0.25, -0.2) is 4.79 Å². The van der Waals surface area contributed by atoms with Crippen LogP contribution in [0.4, 0.5) is 0 Å². The van der Waals surface area contributed by atoms with E-state index in [9.17, 15) is 9.59 Å². The lowest BCUT2D eigenvalue weighted by molar-refractivity contribution is 0.166. The topological polar surface area (TPSA) is 87.9 Å². The van der Waals surface area contributed by atoms with E-state index in [4.69, 9.17) is 10.00 Å². The summed E-state index contributed by atoms with van der Waals surface area (Å²) in [5, 5.41) is 8.78. The first kappa shape index (κ1) is 12.6. The number of ether oxygens (including phenoxy) is 1. The number of nitriles is 1. The summed E-state index contributed by atoms with van der Waals surface area (Å²) in [5.74, 6) is 0. The average molecular weight is 249 g/mol. The third kappa shape index (κ3) is 2.51. The summed E-state index contributed by atoms with van der Waals surface area (Å²) in [6, 6.07) is 1.78. The molecule has 1 saturated carbocycles. The molecular formula is C12H15N3O3. The van der Waals surface area contributed by atoms with Crippen molar-refractivity contribution in [2.24, 2.45) is 5.41 Å². The van der Waals surface area contributed by atoms with E-state index in [1.807, 2.05) is 0 Å². The zero-order chi connectivity index (χ0) is 13.2. The van der Waals surface area contributed by atoms with Crippen LogP contribution >= 0.6 is 0 Å². The van der Waals surface area contributed by atoms with Crippen molar-refractivity contribution in [2.45, 2.75) is 25.8 Å². The summed E-state index contributed by atoms with van der Waals surface area (Å²) in [6.45, 7) is 1.18. The molecule has 0 radical (unpaired) electrons. The van der Waals surface area contributed by atoms with Crippen LogP contribution in [0.2, 0.25) is 0 Å². The molecule has 0 atom stereocenters. The Morgan fingerprint density at radius 1 is 1.56 bits per heavy atom. The van der Waals surface area contributed by atoms with E-state index in [2.05, 4.69) is 4.98 Å². The smallest absolute Gasteiger partial charge is 0.328 e. The van der Waals surface area contributed by atoms with E-state index in [0.717, 1.165) is 19.3 Å². The molecule has 2 rings (SSSR count). The monoisotopic (exact) mass is 249 g/mol. The minimum atomic E-state index is -0.625. The largest absolute Gasteiger partial charge is 0.385 e. The third-order valence-electron chi connectivity index (χ3n) is 3.43. The van der Waals surface area contributed by atoms with Crippen molar-refractivity contribution >= 4 is 0 Å². The molecule has 1 aliphatic carbocycles.